The first-order chi connectivity index (χ1) is 11.9. The van der Waals surface area contributed by atoms with Crippen molar-refractivity contribution in [2.24, 2.45) is 4.99 Å². The van der Waals surface area contributed by atoms with Crippen LogP contribution in [0.5, 0.6) is 0 Å². The lowest BCUT2D eigenvalue weighted by atomic mass is 10.1. The number of carboxylic acid groups (broad SMARTS) is 2. The molecule has 7 heteroatoms. The number of benzene rings is 1. The average Bonchev–Trinajstić information content (AvgIpc) is 2.99. The van der Waals surface area contributed by atoms with Gasteiger partial charge in [-0.05, 0) is 36.8 Å². The molecular weight excluding hydrogens is 344 g/mol. The van der Waals surface area contributed by atoms with Crippen LogP contribution in [-0.2, 0) is 16.1 Å². The molecule has 0 bridgehead atoms. The standard InChI is InChI=1S/C14H13ClN2.C4H4O4/c1-10-13-5-6-14(17(13)8-7-16-10)11-3-2-4-12(15)9-11;5-3(6)1-2-4(7)8/h2-6,9H,7-8H2,1H3;1-2H,(H,5,6)(H,7,8)/b;2-1+. The van der Waals surface area contributed by atoms with E-state index in [0.717, 1.165) is 23.8 Å². The molecule has 0 saturated carbocycles. The normalized spacial score (nSPS) is 12.8. The molecule has 1 aromatic carbocycles. The van der Waals surface area contributed by atoms with Crippen LogP contribution in [0.3, 0.4) is 0 Å². The first kappa shape index (κ1) is 18.5. The molecule has 0 unspecified atom stereocenters. The highest BCUT2D eigenvalue weighted by molar-refractivity contribution is 6.30. The zero-order valence-electron chi connectivity index (χ0n) is 13.5. The van der Waals surface area contributed by atoms with Gasteiger partial charge in [-0.2, -0.15) is 0 Å². The minimum atomic E-state index is -1.26. The molecule has 1 aliphatic heterocycles. The van der Waals surface area contributed by atoms with E-state index < -0.39 is 11.9 Å². The Hall–Kier alpha value is -2.86. The fourth-order valence-electron chi connectivity index (χ4n) is 2.47. The van der Waals surface area contributed by atoms with Gasteiger partial charge in [0, 0.05) is 29.4 Å². The lowest BCUT2D eigenvalue weighted by Gasteiger charge is -2.17. The number of hydrogen-bond donors (Lipinski definition) is 2. The molecule has 0 aliphatic carbocycles. The molecule has 2 aromatic rings. The Bertz CT molecular complexity index is 837. The monoisotopic (exact) mass is 360 g/mol. The summed E-state index contributed by atoms with van der Waals surface area (Å²) in [6.45, 7) is 3.87. The highest BCUT2D eigenvalue weighted by Gasteiger charge is 2.14. The van der Waals surface area contributed by atoms with E-state index >= 15 is 0 Å². The molecule has 1 aliphatic rings. The van der Waals surface area contributed by atoms with Gasteiger partial charge in [0.2, 0.25) is 0 Å². The van der Waals surface area contributed by atoms with Crippen molar-refractivity contribution in [3.05, 3.63) is 59.3 Å². The predicted octanol–water partition coefficient (Wildman–Crippen LogP) is 3.34. The summed E-state index contributed by atoms with van der Waals surface area (Å²) in [4.78, 5) is 23.6. The largest absolute Gasteiger partial charge is 0.478 e. The number of aromatic nitrogens is 1. The molecule has 0 atom stereocenters. The smallest absolute Gasteiger partial charge is 0.328 e. The van der Waals surface area contributed by atoms with E-state index in [2.05, 4.69) is 34.7 Å². The van der Waals surface area contributed by atoms with Crippen LogP contribution in [-0.4, -0.2) is 39.0 Å². The maximum atomic E-state index is 9.55. The van der Waals surface area contributed by atoms with Crippen LogP contribution in [0.4, 0.5) is 0 Å². The van der Waals surface area contributed by atoms with Gasteiger partial charge in [0.25, 0.3) is 0 Å². The third kappa shape index (κ3) is 5.06. The Labute approximate surface area is 149 Å². The molecule has 0 saturated heterocycles. The third-order valence-electron chi connectivity index (χ3n) is 3.51. The molecule has 25 heavy (non-hydrogen) atoms. The second-order valence-electron chi connectivity index (χ2n) is 5.24. The fourth-order valence-corrected chi connectivity index (χ4v) is 2.66. The second-order valence-corrected chi connectivity index (χ2v) is 5.68. The van der Waals surface area contributed by atoms with Gasteiger partial charge in [-0.15, -0.1) is 0 Å². The van der Waals surface area contributed by atoms with Crippen molar-refractivity contribution < 1.29 is 19.8 Å². The SMILES string of the molecule is CC1=NCCn2c1ccc2-c1cccc(Cl)c1.O=C(O)/C=C/C(=O)O. The molecule has 3 rings (SSSR count). The van der Waals surface area contributed by atoms with Crippen molar-refractivity contribution >= 4 is 29.3 Å². The highest BCUT2D eigenvalue weighted by Crippen LogP contribution is 2.26. The lowest BCUT2D eigenvalue weighted by molar-refractivity contribution is -0.134. The van der Waals surface area contributed by atoms with Crippen LogP contribution in [0.25, 0.3) is 11.3 Å². The molecule has 0 fully saturated rings. The summed E-state index contributed by atoms with van der Waals surface area (Å²) >= 11 is 6.04. The summed E-state index contributed by atoms with van der Waals surface area (Å²) in [5.41, 5.74) is 4.71. The van der Waals surface area contributed by atoms with Crippen molar-refractivity contribution in [1.29, 1.82) is 0 Å². The maximum Gasteiger partial charge on any atom is 0.328 e. The molecule has 0 amide bonds. The summed E-state index contributed by atoms with van der Waals surface area (Å²) in [5.74, 6) is -2.51. The topological polar surface area (TPSA) is 91.9 Å². The summed E-state index contributed by atoms with van der Waals surface area (Å²) in [6, 6.07) is 12.3. The summed E-state index contributed by atoms with van der Waals surface area (Å²) < 4.78 is 2.31. The predicted molar refractivity (Wildman–Crippen MR) is 96.4 cm³/mol. The Kier molecular flexibility index (Phi) is 6.14. The van der Waals surface area contributed by atoms with Gasteiger partial charge in [0.05, 0.1) is 18.0 Å². The van der Waals surface area contributed by atoms with E-state index in [9.17, 15) is 9.59 Å². The first-order valence-electron chi connectivity index (χ1n) is 7.49. The van der Waals surface area contributed by atoms with E-state index in [1.165, 1.54) is 17.0 Å². The van der Waals surface area contributed by atoms with Crippen LogP contribution in [0.1, 0.15) is 12.6 Å². The van der Waals surface area contributed by atoms with Crippen molar-refractivity contribution in [2.75, 3.05) is 6.54 Å². The maximum absolute atomic E-state index is 9.55. The van der Waals surface area contributed by atoms with Gasteiger partial charge < -0.3 is 14.8 Å². The van der Waals surface area contributed by atoms with Gasteiger partial charge >= 0.3 is 11.9 Å². The Balaban J connectivity index is 0.000000242. The number of fused-ring (bicyclic) bond motifs is 1. The molecule has 0 radical (unpaired) electrons. The van der Waals surface area contributed by atoms with Gasteiger partial charge in [-0.3, -0.25) is 4.99 Å². The van der Waals surface area contributed by atoms with E-state index in [4.69, 9.17) is 21.8 Å². The zero-order valence-corrected chi connectivity index (χ0v) is 14.3. The molecule has 6 nitrogen and oxygen atoms in total. The second kappa shape index (κ2) is 8.30. The summed E-state index contributed by atoms with van der Waals surface area (Å²) in [6.07, 6.45) is 1.12. The average molecular weight is 361 g/mol. The molecule has 0 spiro atoms. The number of aliphatic imine (C=N–C) groups is 1. The Morgan fingerprint density at radius 2 is 1.76 bits per heavy atom. The minimum absolute atomic E-state index is 0.558. The number of nitrogens with zero attached hydrogens (tertiary/aromatic N) is 2. The van der Waals surface area contributed by atoms with E-state index in [1.54, 1.807) is 0 Å². The number of carbonyl (C=O) groups is 2. The molecule has 1 aromatic heterocycles. The first-order valence-corrected chi connectivity index (χ1v) is 7.87. The third-order valence-corrected chi connectivity index (χ3v) is 3.75. The van der Waals surface area contributed by atoms with Crippen LogP contribution < -0.4 is 0 Å². The van der Waals surface area contributed by atoms with Crippen molar-refractivity contribution in [2.45, 2.75) is 13.5 Å². The number of halogens is 1. The van der Waals surface area contributed by atoms with Gasteiger partial charge in [0.1, 0.15) is 0 Å². The van der Waals surface area contributed by atoms with Crippen molar-refractivity contribution in [3.8, 4) is 11.3 Å². The zero-order chi connectivity index (χ0) is 18.4. The molecule has 2 N–H and O–H groups in total. The highest BCUT2D eigenvalue weighted by atomic mass is 35.5. The van der Waals surface area contributed by atoms with E-state index in [-0.39, 0.29) is 0 Å². The molecule has 2 heterocycles. The van der Waals surface area contributed by atoms with Crippen molar-refractivity contribution in [1.82, 2.24) is 4.57 Å². The van der Waals surface area contributed by atoms with E-state index in [1.807, 2.05) is 18.2 Å². The number of aliphatic carboxylic acids is 2. The van der Waals surface area contributed by atoms with E-state index in [0.29, 0.717) is 12.2 Å². The Morgan fingerprint density at radius 3 is 2.36 bits per heavy atom. The lowest BCUT2D eigenvalue weighted by Crippen LogP contribution is -2.16. The number of rotatable bonds is 3. The summed E-state index contributed by atoms with van der Waals surface area (Å²) in [7, 11) is 0. The number of carboxylic acids is 2. The van der Waals surface area contributed by atoms with Gasteiger partial charge in [0.15, 0.2) is 0 Å². The van der Waals surface area contributed by atoms with Gasteiger partial charge in [-0.25, -0.2) is 9.59 Å². The van der Waals surface area contributed by atoms with Crippen LogP contribution in [0.2, 0.25) is 5.02 Å². The molecule has 130 valence electrons. The van der Waals surface area contributed by atoms with Gasteiger partial charge in [-0.1, -0.05) is 23.7 Å². The number of hydrogen-bond acceptors (Lipinski definition) is 3. The Morgan fingerprint density at radius 1 is 1.12 bits per heavy atom. The fraction of sp³-hybridized carbons (Fsp3) is 0.167. The minimum Gasteiger partial charge on any atom is -0.478 e. The quantitative estimate of drug-likeness (QED) is 0.821. The van der Waals surface area contributed by atoms with Crippen LogP contribution in [0, 0.1) is 0 Å². The molecular formula is C18H17ClN2O4. The van der Waals surface area contributed by atoms with Crippen LogP contribution in [0.15, 0.2) is 53.5 Å². The van der Waals surface area contributed by atoms with Crippen LogP contribution >= 0.6 is 11.6 Å². The summed E-state index contributed by atoms with van der Waals surface area (Å²) in [5, 5.41) is 16.4. The van der Waals surface area contributed by atoms with Crippen molar-refractivity contribution in [3.63, 3.8) is 0 Å².